The number of alkyl halides is 3. The molecule has 34 heavy (non-hydrogen) atoms. The van der Waals surface area contributed by atoms with Crippen LogP contribution in [0.4, 0.5) is 36.3 Å². The summed E-state index contributed by atoms with van der Waals surface area (Å²) in [7, 11) is -7.52. The van der Waals surface area contributed by atoms with Gasteiger partial charge in [-0.1, -0.05) is 13.0 Å². The zero-order valence-corrected chi connectivity index (χ0v) is 19.2. The number of nitrogens with two attached hydrogens (primary N) is 1. The maximum Gasteiger partial charge on any atom is 0.417 e. The molecule has 182 valence electrons. The zero-order chi connectivity index (χ0) is 25.1. The minimum atomic E-state index is -4.52. The Balaban J connectivity index is 1.89. The highest BCUT2D eigenvalue weighted by atomic mass is 32.2. The lowest BCUT2D eigenvalue weighted by Crippen LogP contribution is -2.14. The number of sulfone groups is 1. The Morgan fingerprint density at radius 2 is 1.59 bits per heavy atom. The number of aromatic nitrogens is 3. The smallest absolute Gasteiger partial charge is 0.340 e. The molecule has 0 saturated heterocycles. The molecule has 0 fully saturated rings. The molecule has 0 bridgehead atoms. The maximum atomic E-state index is 12.7. The van der Waals surface area contributed by atoms with Crippen LogP contribution in [0.2, 0.25) is 0 Å². The van der Waals surface area contributed by atoms with Crippen LogP contribution in [0.25, 0.3) is 0 Å². The highest BCUT2D eigenvalue weighted by Crippen LogP contribution is 2.30. The molecular formula is C19H19F3N6O4S2. The number of primary sulfonamides is 1. The van der Waals surface area contributed by atoms with Crippen molar-refractivity contribution in [1.82, 2.24) is 15.0 Å². The molecule has 3 rings (SSSR count). The largest absolute Gasteiger partial charge is 0.417 e. The Morgan fingerprint density at radius 3 is 2.15 bits per heavy atom. The van der Waals surface area contributed by atoms with Crippen LogP contribution in [-0.4, -0.2) is 37.5 Å². The standard InChI is InChI=1S/C19H19F3N6O4S2/c1-2-33(29,30)10-12-3-5-14(34(23,31)32)7-15(12)27-17-8-18(26-11-25-17)28-16-6-4-13(9-24-16)19(20,21)22/h3-9,11H,2,10H2,1H3,(H2,23,31,32)(H2,24,25,26,27,28). The molecule has 0 amide bonds. The molecule has 0 unspecified atom stereocenters. The van der Waals surface area contributed by atoms with Crippen molar-refractivity contribution in [1.29, 1.82) is 0 Å². The van der Waals surface area contributed by atoms with E-state index in [1.54, 1.807) is 0 Å². The summed E-state index contributed by atoms with van der Waals surface area (Å²) in [6, 6.07) is 7.08. The number of hydrogen-bond acceptors (Lipinski definition) is 9. The number of anilines is 4. The van der Waals surface area contributed by atoms with E-state index in [1.807, 2.05) is 0 Å². The van der Waals surface area contributed by atoms with Gasteiger partial charge in [-0.2, -0.15) is 13.2 Å². The van der Waals surface area contributed by atoms with Crippen molar-refractivity contribution in [2.24, 2.45) is 5.14 Å². The highest BCUT2D eigenvalue weighted by Gasteiger charge is 2.30. The molecule has 10 nitrogen and oxygen atoms in total. The number of benzene rings is 1. The van der Waals surface area contributed by atoms with Gasteiger partial charge in [0.05, 0.1) is 16.2 Å². The average Bonchev–Trinajstić information content (AvgIpc) is 2.74. The van der Waals surface area contributed by atoms with Gasteiger partial charge in [0, 0.05) is 23.7 Å². The molecule has 0 spiro atoms. The first kappa shape index (κ1) is 25.3. The van der Waals surface area contributed by atoms with Crippen LogP contribution >= 0.6 is 0 Å². The lowest BCUT2D eigenvalue weighted by molar-refractivity contribution is -0.137. The average molecular weight is 517 g/mol. The Hall–Kier alpha value is -3.30. The Morgan fingerprint density at radius 1 is 0.912 bits per heavy atom. The van der Waals surface area contributed by atoms with Gasteiger partial charge in [-0.15, -0.1) is 0 Å². The van der Waals surface area contributed by atoms with Crippen molar-refractivity contribution >= 4 is 43.0 Å². The topological polar surface area (TPSA) is 157 Å². The van der Waals surface area contributed by atoms with Crippen molar-refractivity contribution in [3.05, 3.63) is 60.0 Å². The Bertz CT molecular complexity index is 1400. The summed E-state index contributed by atoms with van der Waals surface area (Å²) < 4.78 is 85.8. The van der Waals surface area contributed by atoms with Crippen LogP contribution in [0.1, 0.15) is 18.1 Å². The lowest BCUT2D eigenvalue weighted by atomic mass is 10.2. The third-order valence-electron chi connectivity index (χ3n) is 4.50. The minimum absolute atomic E-state index is 0.0867. The SMILES string of the molecule is CCS(=O)(=O)Cc1ccc(S(N)(=O)=O)cc1Nc1cc(Nc2ccc(C(F)(F)F)cn2)ncn1. The Kier molecular flexibility index (Phi) is 7.09. The second-order valence-corrected chi connectivity index (χ2v) is 10.9. The van der Waals surface area contributed by atoms with Gasteiger partial charge < -0.3 is 10.6 Å². The van der Waals surface area contributed by atoms with Crippen LogP contribution in [0.3, 0.4) is 0 Å². The quantitative estimate of drug-likeness (QED) is 0.409. The molecular weight excluding hydrogens is 497 g/mol. The van der Waals surface area contributed by atoms with Gasteiger partial charge in [0.25, 0.3) is 0 Å². The fourth-order valence-corrected chi connectivity index (χ4v) is 4.18. The molecule has 0 radical (unpaired) electrons. The number of sulfonamides is 1. The molecule has 3 aromatic rings. The lowest BCUT2D eigenvalue weighted by Gasteiger charge is -2.14. The molecule has 0 atom stereocenters. The number of halogens is 3. The third-order valence-corrected chi connectivity index (χ3v) is 7.04. The highest BCUT2D eigenvalue weighted by molar-refractivity contribution is 7.90. The number of hydrogen-bond donors (Lipinski definition) is 3. The maximum absolute atomic E-state index is 12.7. The normalized spacial score (nSPS) is 12.4. The van der Waals surface area contributed by atoms with E-state index >= 15 is 0 Å². The molecule has 0 aliphatic heterocycles. The van der Waals surface area contributed by atoms with Crippen LogP contribution in [0.5, 0.6) is 0 Å². The summed E-state index contributed by atoms with van der Waals surface area (Å²) in [5.74, 6) is -0.0853. The van der Waals surface area contributed by atoms with Crippen molar-refractivity contribution in [3.8, 4) is 0 Å². The van der Waals surface area contributed by atoms with E-state index in [2.05, 4.69) is 25.6 Å². The minimum Gasteiger partial charge on any atom is -0.340 e. The van der Waals surface area contributed by atoms with Gasteiger partial charge in [-0.05, 0) is 29.8 Å². The van der Waals surface area contributed by atoms with Gasteiger partial charge in [-0.3, -0.25) is 0 Å². The van der Waals surface area contributed by atoms with E-state index < -0.39 is 31.6 Å². The number of rotatable bonds is 8. The van der Waals surface area contributed by atoms with Crippen LogP contribution in [0.15, 0.2) is 53.8 Å². The molecule has 2 aromatic heterocycles. The van der Waals surface area contributed by atoms with Crippen LogP contribution in [-0.2, 0) is 31.8 Å². The molecule has 1 aromatic carbocycles. The van der Waals surface area contributed by atoms with E-state index in [9.17, 15) is 30.0 Å². The van der Waals surface area contributed by atoms with E-state index in [1.165, 1.54) is 31.2 Å². The molecule has 4 N–H and O–H groups in total. The number of nitrogens with one attached hydrogen (secondary N) is 2. The summed E-state index contributed by atoms with van der Waals surface area (Å²) in [5.41, 5.74) is -0.486. The molecule has 0 aliphatic rings. The van der Waals surface area contributed by atoms with Gasteiger partial charge in [0.2, 0.25) is 10.0 Å². The summed E-state index contributed by atoms with van der Waals surface area (Å²) in [6.45, 7) is 1.48. The van der Waals surface area contributed by atoms with Gasteiger partial charge in [0.15, 0.2) is 9.84 Å². The second-order valence-electron chi connectivity index (χ2n) is 7.01. The van der Waals surface area contributed by atoms with Crippen molar-refractivity contribution in [2.75, 3.05) is 16.4 Å². The fraction of sp³-hybridized carbons (Fsp3) is 0.211. The number of nitrogens with zero attached hydrogens (tertiary/aromatic N) is 3. The molecule has 15 heteroatoms. The summed E-state index contributed by atoms with van der Waals surface area (Å²) in [6.07, 6.45) is -2.71. The van der Waals surface area contributed by atoms with Gasteiger partial charge in [0.1, 0.15) is 23.8 Å². The van der Waals surface area contributed by atoms with Gasteiger partial charge >= 0.3 is 6.18 Å². The summed E-state index contributed by atoms with van der Waals surface area (Å²) >= 11 is 0. The van der Waals surface area contributed by atoms with E-state index in [-0.39, 0.29) is 45.1 Å². The molecule has 0 aliphatic carbocycles. The summed E-state index contributed by atoms with van der Waals surface area (Å²) in [4.78, 5) is 11.4. The van der Waals surface area contributed by atoms with Crippen molar-refractivity contribution < 1.29 is 30.0 Å². The second kappa shape index (κ2) is 9.52. The first-order valence-corrected chi connectivity index (χ1v) is 12.9. The van der Waals surface area contributed by atoms with Crippen LogP contribution < -0.4 is 15.8 Å². The van der Waals surface area contributed by atoms with E-state index in [0.29, 0.717) is 6.20 Å². The predicted molar refractivity (Wildman–Crippen MR) is 119 cm³/mol. The van der Waals surface area contributed by atoms with Crippen molar-refractivity contribution in [3.63, 3.8) is 0 Å². The monoisotopic (exact) mass is 516 g/mol. The molecule has 0 saturated carbocycles. The van der Waals surface area contributed by atoms with Crippen molar-refractivity contribution in [2.45, 2.75) is 23.7 Å². The summed E-state index contributed by atoms with van der Waals surface area (Å²) in [5, 5.41) is 10.8. The van der Waals surface area contributed by atoms with E-state index in [0.717, 1.165) is 18.5 Å². The van der Waals surface area contributed by atoms with Gasteiger partial charge in [-0.25, -0.2) is 36.9 Å². The third kappa shape index (κ3) is 6.61. The zero-order valence-electron chi connectivity index (χ0n) is 17.5. The predicted octanol–water partition coefficient (Wildman–Crippen LogP) is 2.96. The number of pyridine rings is 1. The fourth-order valence-electron chi connectivity index (χ4n) is 2.71. The van der Waals surface area contributed by atoms with Crippen LogP contribution in [0, 0.1) is 0 Å². The molecule has 2 heterocycles. The first-order chi connectivity index (χ1) is 15.8. The first-order valence-electron chi connectivity index (χ1n) is 9.52. The Labute approximate surface area is 193 Å². The van der Waals surface area contributed by atoms with E-state index in [4.69, 9.17) is 5.14 Å².